The number of carbonyl (C=O) groups is 2. The molecule has 0 aliphatic carbocycles. The van der Waals surface area contributed by atoms with Gasteiger partial charge in [0.25, 0.3) is 5.91 Å². The fraction of sp³-hybridized carbons (Fsp3) is 0.409. The van der Waals surface area contributed by atoms with Gasteiger partial charge in [0.05, 0.1) is 36.1 Å². The van der Waals surface area contributed by atoms with E-state index in [1.54, 1.807) is 12.1 Å². The van der Waals surface area contributed by atoms with E-state index in [2.05, 4.69) is 30.8 Å². The molecule has 0 fully saturated rings. The zero-order valence-electron chi connectivity index (χ0n) is 19.0. The summed E-state index contributed by atoms with van der Waals surface area (Å²) in [4.78, 5) is 27.8. The second-order valence-corrected chi connectivity index (χ2v) is 7.94. The maximum atomic E-state index is 14.3. The molecule has 13 heteroatoms. The van der Waals surface area contributed by atoms with Crippen molar-refractivity contribution in [3.8, 4) is 0 Å². The van der Waals surface area contributed by atoms with E-state index in [0.29, 0.717) is 11.4 Å². The molecule has 1 unspecified atom stereocenters. The fourth-order valence-electron chi connectivity index (χ4n) is 3.29. The summed E-state index contributed by atoms with van der Waals surface area (Å²) >= 11 is 0. The highest BCUT2D eigenvalue weighted by molar-refractivity contribution is 5.91. The molecule has 0 aromatic carbocycles. The molecule has 3 aromatic heterocycles. The van der Waals surface area contributed by atoms with Crippen molar-refractivity contribution in [2.24, 2.45) is 0 Å². The van der Waals surface area contributed by atoms with Crippen LogP contribution in [0.3, 0.4) is 0 Å². The van der Waals surface area contributed by atoms with E-state index in [9.17, 15) is 27.2 Å². The van der Waals surface area contributed by atoms with Gasteiger partial charge in [-0.05, 0) is 44.0 Å². The molecule has 0 bridgehead atoms. The third-order valence-corrected chi connectivity index (χ3v) is 4.96. The van der Waals surface area contributed by atoms with Gasteiger partial charge in [-0.3, -0.25) is 14.6 Å². The number of nitrogens with one attached hydrogen (secondary N) is 1. The number of rotatable bonds is 10. The number of ketones is 1. The Morgan fingerprint density at radius 2 is 1.74 bits per heavy atom. The average Bonchev–Trinajstić information content (AvgIpc) is 3.25. The van der Waals surface area contributed by atoms with E-state index in [4.69, 9.17) is 0 Å². The second-order valence-electron chi connectivity index (χ2n) is 7.94. The predicted molar refractivity (Wildman–Crippen MR) is 115 cm³/mol. The Morgan fingerprint density at radius 1 is 1.06 bits per heavy atom. The Balaban J connectivity index is 1.49. The van der Waals surface area contributed by atoms with Crippen molar-refractivity contribution < 1.29 is 27.2 Å². The van der Waals surface area contributed by atoms with Crippen molar-refractivity contribution >= 4 is 11.7 Å². The van der Waals surface area contributed by atoms with Gasteiger partial charge in [0.1, 0.15) is 12.0 Å². The zero-order valence-corrected chi connectivity index (χ0v) is 19.0. The van der Waals surface area contributed by atoms with Gasteiger partial charge in [0.15, 0.2) is 5.69 Å². The summed E-state index contributed by atoms with van der Waals surface area (Å²) < 4.78 is 54.4. The monoisotopic (exact) mass is 493 g/mol. The van der Waals surface area contributed by atoms with Gasteiger partial charge in [0, 0.05) is 24.9 Å². The van der Waals surface area contributed by atoms with E-state index in [1.807, 2.05) is 0 Å². The summed E-state index contributed by atoms with van der Waals surface area (Å²) in [7, 11) is 1.45. The van der Waals surface area contributed by atoms with Crippen LogP contribution >= 0.6 is 0 Å². The predicted octanol–water partition coefficient (Wildman–Crippen LogP) is 2.48. The minimum Gasteiger partial charge on any atom is -0.354 e. The number of hydrogen-bond acceptors (Lipinski definition) is 7. The van der Waals surface area contributed by atoms with Crippen molar-refractivity contribution in [3.05, 3.63) is 64.5 Å². The topological polar surface area (TPSA) is 116 Å². The molecule has 1 N–H and O–H groups in total. The van der Waals surface area contributed by atoms with Gasteiger partial charge in [-0.15, -0.1) is 5.10 Å². The first-order chi connectivity index (χ1) is 16.5. The van der Waals surface area contributed by atoms with Gasteiger partial charge < -0.3 is 5.32 Å². The number of hydrogen-bond donors (Lipinski definition) is 1. The molecule has 0 aliphatic rings. The number of amides is 1. The summed E-state index contributed by atoms with van der Waals surface area (Å²) in [6.07, 6.45) is -4.39. The number of halogens is 4. The van der Waals surface area contributed by atoms with E-state index < -0.39 is 23.8 Å². The van der Waals surface area contributed by atoms with Crippen molar-refractivity contribution in [3.63, 3.8) is 0 Å². The van der Waals surface area contributed by atoms with Crippen LogP contribution < -0.4 is 5.32 Å². The largest absolute Gasteiger partial charge is 0.416 e. The third-order valence-electron chi connectivity index (χ3n) is 4.96. The lowest BCUT2D eigenvalue weighted by atomic mass is 10.1. The zero-order chi connectivity index (χ0) is 25.6. The minimum absolute atomic E-state index is 0.0377. The molecule has 0 aliphatic heterocycles. The van der Waals surface area contributed by atoms with E-state index in [1.165, 1.54) is 24.9 Å². The minimum atomic E-state index is -4.52. The van der Waals surface area contributed by atoms with Crippen LogP contribution in [0.4, 0.5) is 17.6 Å². The Bertz CT molecular complexity index is 1180. The van der Waals surface area contributed by atoms with Crippen LogP contribution in [-0.2, 0) is 36.8 Å². The molecule has 3 rings (SSSR count). The highest BCUT2D eigenvalue weighted by Gasteiger charge is 2.31. The average molecular weight is 493 g/mol. The van der Waals surface area contributed by atoms with Gasteiger partial charge in [-0.1, -0.05) is 5.21 Å². The molecule has 186 valence electrons. The number of alkyl halides is 4. The van der Waals surface area contributed by atoms with Gasteiger partial charge in [-0.25, -0.2) is 9.07 Å². The van der Waals surface area contributed by atoms with Crippen LogP contribution in [0, 0.1) is 6.92 Å². The Morgan fingerprint density at radius 3 is 2.40 bits per heavy atom. The number of carbonyl (C=O) groups excluding carboxylic acids is 2. The van der Waals surface area contributed by atoms with Crippen LogP contribution in [0.25, 0.3) is 0 Å². The van der Waals surface area contributed by atoms with Crippen molar-refractivity contribution in [1.82, 2.24) is 35.5 Å². The summed E-state index contributed by atoms with van der Waals surface area (Å²) in [6, 6.07) is 4.99. The first-order valence-electron chi connectivity index (χ1n) is 10.7. The molecule has 0 saturated heterocycles. The Labute approximate surface area is 198 Å². The standard InChI is InChI=1S/C22H23F4N7O2/c1-13-7-14(22(24,25)26)8-18(28-13)10-19(34)9-17-6-5-16(29-30-17)4-3-15(23)11-33-12-20(31-32-33)21(35)27-2/h5-8,12,15H,3-4,9-11H2,1-2H3,(H,27,35). The normalized spacial score (nSPS) is 12.4. The Hall–Kier alpha value is -3.77. The molecular weight excluding hydrogens is 470 g/mol. The van der Waals surface area contributed by atoms with Crippen LogP contribution in [0.5, 0.6) is 0 Å². The Kier molecular flexibility index (Phi) is 8.20. The second kappa shape index (κ2) is 11.1. The van der Waals surface area contributed by atoms with Crippen molar-refractivity contribution in [2.75, 3.05) is 7.05 Å². The molecule has 3 heterocycles. The SMILES string of the molecule is CNC(=O)c1cn(CC(F)CCc2ccc(CC(=O)Cc3cc(C(F)(F)F)cc(C)n3)nn2)nn1. The lowest BCUT2D eigenvalue weighted by Crippen LogP contribution is -2.18. The summed E-state index contributed by atoms with van der Waals surface area (Å²) in [6.45, 7) is 1.36. The number of nitrogens with zero attached hydrogens (tertiary/aromatic N) is 6. The molecule has 0 saturated carbocycles. The lowest BCUT2D eigenvalue weighted by molar-refractivity contribution is -0.137. The molecule has 0 spiro atoms. The highest BCUT2D eigenvalue weighted by Crippen LogP contribution is 2.30. The quantitative estimate of drug-likeness (QED) is 0.432. The van der Waals surface area contributed by atoms with Gasteiger partial charge in [-0.2, -0.15) is 23.4 Å². The maximum Gasteiger partial charge on any atom is 0.416 e. The summed E-state index contributed by atoms with van der Waals surface area (Å²) in [5.41, 5.74) is 0.324. The lowest BCUT2D eigenvalue weighted by Gasteiger charge is -2.10. The van der Waals surface area contributed by atoms with E-state index >= 15 is 0 Å². The number of aromatic nitrogens is 6. The maximum absolute atomic E-state index is 14.3. The summed E-state index contributed by atoms with van der Waals surface area (Å²) in [5.74, 6) is -0.771. The van der Waals surface area contributed by atoms with E-state index in [-0.39, 0.29) is 55.1 Å². The van der Waals surface area contributed by atoms with Crippen LogP contribution in [-0.4, -0.2) is 55.1 Å². The number of pyridine rings is 1. The molecule has 0 radical (unpaired) electrons. The molecule has 35 heavy (non-hydrogen) atoms. The molecule has 1 amide bonds. The third kappa shape index (κ3) is 7.62. The molecule has 1 atom stereocenters. The number of Topliss-reactive ketones (excluding diaryl/α,β-unsaturated/α-hetero) is 1. The highest BCUT2D eigenvalue weighted by atomic mass is 19.4. The smallest absolute Gasteiger partial charge is 0.354 e. The van der Waals surface area contributed by atoms with Crippen LogP contribution in [0.2, 0.25) is 0 Å². The van der Waals surface area contributed by atoms with Crippen molar-refractivity contribution in [1.29, 1.82) is 0 Å². The first-order valence-corrected chi connectivity index (χ1v) is 10.7. The molecule has 9 nitrogen and oxygen atoms in total. The molecule has 3 aromatic rings. The van der Waals surface area contributed by atoms with Crippen molar-refractivity contribution in [2.45, 2.75) is 51.5 Å². The van der Waals surface area contributed by atoms with Gasteiger partial charge in [0.2, 0.25) is 0 Å². The summed E-state index contributed by atoms with van der Waals surface area (Å²) in [5, 5.41) is 17.7. The number of aryl methyl sites for hydroxylation is 2. The van der Waals surface area contributed by atoms with E-state index in [0.717, 1.165) is 12.1 Å². The van der Waals surface area contributed by atoms with Crippen LogP contribution in [0.1, 0.15) is 45.2 Å². The molecular formula is C22H23F4N7O2. The van der Waals surface area contributed by atoms with Crippen LogP contribution in [0.15, 0.2) is 30.5 Å². The first kappa shape index (κ1) is 25.8. The fourth-order valence-corrected chi connectivity index (χ4v) is 3.29. The van der Waals surface area contributed by atoms with Gasteiger partial charge >= 0.3 is 6.18 Å².